The highest BCUT2D eigenvalue weighted by atomic mass is 31.2. The lowest BCUT2D eigenvalue weighted by molar-refractivity contribution is -0.137. The first-order valence-electron chi connectivity index (χ1n) is 7.01. The van der Waals surface area contributed by atoms with Crippen molar-refractivity contribution in [2.75, 3.05) is 13.2 Å². The predicted molar refractivity (Wildman–Crippen MR) is 87.2 cm³/mol. The molecule has 0 bridgehead atoms. The Balaban J connectivity index is -0.000000919. The second kappa shape index (κ2) is 19.1. The standard InChI is InChI=1S/C11H22O6P2.2CH2O/c1-3-8-16-19(15,17-9-4-2)11(18-14)7-5-6-10(12)13;2*1-2/h11H,3-9H2,1-2H3,(H,12,13);2*1H2. The Bertz CT molecular complexity index is 337. The van der Waals surface area contributed by atoms with Gasteiger partial charge in [-0.2, -0.15) is 0 Å². The Hall–Kier alpha value is -0.940. The van der Waals surface area contributed by atoms with E-state index in [1.165, 1.54) is 0 Å². The van der Waals surface area contributed by atoms with Gasteiger partial charge < -0.3 is 23.7 Å². The lowest BCUT2D eigenvalue weighted by Crippen LogP contribution is -2.10. The van der Waals surface area contributed by atoms with E-state index >= 15 is 0 Å². The minimum atomic E-state index is -3.44. The molecule has 0 saturated carbocycles. The van der Waals surface area contributed by atoms with Crippen LogP contribution in [-0.4, -0.2) is 43.3 Å². The van der Waals surface area contributed by atoms with Crippen molar-refractivity contribution in [3.05, 3.63) is 0 Å². The molecule has 0 fully saturated rings. The van der Waals surface area contributed by atoms with Crippen molar-refractivity contribution in [1.82, 2.24) is 0 Å². The van der Waals surface area contributed by atoms with E-state index in [-0.39, 0.29) is 34.5 Å². The molecule has 136 valence electrons. The van der Waals surface area contributed by atoms with Crippen molar-refractivity contribution in [3.63, 3.8) is 0 Å². The summed E-state index contributed by atoms with van der Waals surface area (Å²) in [4.78, 5) is 26.5. The van der Waals surface area contributed by atoms with E-state index in [1.54, 1.807) is 0 Å². The molecule has 1 atom stereocenters. The highest BCUT2D eigenvalue weighted by Crippen LogP contribution is 2.58. The summed E-state index contributed by atoms with van der Waals surface area (Å²) in [6, 6.07) is 0. The van der Waals surface area contributed by atoms with Crippen LogP contribution in [0.2, 0.25) is 0 Å². The molecule has 0 heterocycles. The van der Waals surface area contributed by atoms with Crippen LogP contribution in [0.1, 0.15) is 46.0 Å². The maximum Gasteiger partial charge on any atom is 0.345 e. The topological polar surface area (TPSA) is 124 Å². The second-order valence-corrected chi connectivity index (χ2v) is 7.54. The summed E-state index contributed by atoms with van der Waals surface area (Å²) in [7, 11) is -3.77. The van der Waals surface area contributed by atoms with Crippen LogP contribution in [0.5, 0.6) is 0 Å². The molecule has 1 N–H and O–H groups in total. The highest BCUT2D eigenvalue weighted by Gasteiger charge is 2.36. The summed E-state index contributed by atoms with van der Waals surface area (Å²) in [6.07, 6.45) is 1.84. The van der Waals surface area contributed by atoms with Gasteiger partial charge in [-0.05, 0) is 25.7 Å². The smallest absolute Gasteiger partial charge is 0.345 e. The summed E-state index contributed by atoms with van der Waals surface area (Å²) >= 11 is 0. The van der Waals surface area contributed by atoms with Crippen LogP contribution < -0.4 is 0 Å². The molecule has 10 heteroatoms. The molecular formula is C13H26O8P2. The SMILES string of the molecule is C=O.C=O.CCCOP(=O)(OCCC)C(CCCC(=O)O)P=O. The number of hydrogen-bond donors (Lipinski definition) is 1. The van der Waals surface area contributed by atoms with Crippen molar-refractivity contribution < 1.29 is 37.7 Å². The zero-order valence-corrected chi connectivity index (χ0v) is 15.4. The van der Waals surface area contributed by atoms with Crippen LogP contribution in [0.25, 0.3) is 0 Å². The van der Waals surface area contributed by atoms with Crippen LogP contribution in [0.15, 0.2) is 0 Å². The summed E-state index contributed by atoms with van der Waals surface area (Å²) in [5.74, 6) is -0.930. The average molecular weight is 372 g/mol. The minimum absolute atomic E-state index is 0.0480. The van der Waals surface area contributed by atoms with Gasteiger partial charge in [0.25, 0.3) is 0 Å². The van der Waals surface area contributed by atoms with E-state index in [9.17, 15) is 13.9 Å². The van der Waals surface area contributed by atoms with E-state index < -0.39 is 19.0 Å². The van der Waals surface area contributed by atoms with E-state index in [2.05, 4.69) is 0 Å². The van der Waals surface area contributed by atoms with Crippen LogP contribution in [0.3, 0.4) is 0 Å². The van der Waals surface area contributed by atoms with Crippen LogP contribution in [0, 0.1) is 0 Å². The average Bonchev–Trinajstić information content (AvgIpc) is 2.58. The van der Waals surface area contributed by atoms with Crippen molar-refractivity contribution in [1.29, 1.82) is 0 Å². The minimum Gasteiger partial charge on any atom is -0.481 e. The van der Waals surface area contributed by atoms with E-state index in [1.807, 2.05) is 27.4 Å². The lowest BCUT2D eigenvalue weighted by atomic mass is 10.2. The molecule has 0 amide bonds. The summed E-state index contributed by atoms with van der Waals surface area (Å²) < 4.78 is 34.3. The molecule has 0 aromatic rings. The first-order chi connectivity index (χ1) is 11.0. The molecular weight excluding hydrogens is 346 g/mol. The normalized spacial score (nSPS) is 11.6. The van der Waals surface area contributed by atoms with Gasteiger partial charge in [0.2, 0.25) is 0 Å². The van der Waals surface area contributed by atoms with Crippen LogP contribution >= 0.6 is 16.1 Å². The molecule has 1 unspecified atom stereocenters. The van der Waals surface area contributed by atoms with Gasteiger partial charge in [-0.25, -0.2) is 0 Å². The third-order valence-electron chi connectivity index (χ3n) is 2.29. The number of carboxylic acid groups (broad SMARTS) is 1. The van der Waals surface area contributed by atoms with Gasteiger partial charge in [-0.1, -0.05) is 13.8 Å². The van der Waals surface area contributed by atoms with Crippen LogP contribution in [-0.2, 0) is 32.6 Å². The maximum atomic E-state index is 12.5. The van der Waals surface area contributed by atoms with Gasteiger partial charge in [0, 0.05) is 6.42 Å². The van der Waals surface area contributed by atoms with Crippen molar-refractivity contribution in [2.24, 2.45) is 0 Å². The Morgan fingerprint density at radius 1 is 1.13 bits per heavy atom. The van der Waals surface area contributed by atoms with Crippen LogP contribution in [0.4, 0.5) is 0 Å². The Morgan fingerprint density at radius 2 is 1.57 bits per heavy atom. The third-order valence-corrected chi connectivity index (χ3v) is 6.00. The highest BCUT2D eigenvalue weighted by molar-refractivity contribution is 7.63. The summed E-state index contributed by atoms with van der Waals surface area (Å²) in [5.41, 5.74) is 0. The third kappa shape index (κ3) is 14.4. The van der Waals surface area contributed by atoms with Gasteiger partial charge in [0.1, 0.15) is 19.0 Å². The number of hydrogen-bond acceptors (Lipinski definition) is 7. The number of carbonyl (C=O) groups is 3. The molecule has 0 aliphatic carbocycles. The monoisotopic (exact) mass is 372 g/mol. The zero-order chi connectivity index (χ0) is 18.7. The quantitative estimate of drug-likeness (QED) is 0.516. The molecule has 0 aliphatic rings. The summed E-state index contributed by atoms with van der Waals surface area (Å²) in [5, 5.41) is 7.79. The molecule has 8 nitrogen and oxygen atoms in total. The van der Waals surface area contributed by atoms with E-state index in [0.29, 0.717) is 19.3 Å². The molecule has 23 heavy (non-hydrogen) atoms. The van der Waals surface area contributed by atoms with E-state index in [4.69, 9.17) is 23.7 Å². The van der Waals surface area contributed by atoms with Gasteiger partial charge in [-0.3, -0.25) is 13.9 Å². The fourth-order valence-corrected chi connectivity index (χ4v) is 4.29. The lowest BCUT2D eigenvalue weighted by Gasteiger charge is -2.22. The zero-order valence-electron chi connectivity index (χ0n) is 13.6. The molecule has 0 saturated heterocycles. The van der Waals surface area contributed by atoms with E-state index in [0.717, 1.165) is 0 Å². The molecule has 0 aromatic heterocycles. The van der Waals surface area contributed by atoms with Gasteiger partial charge in [-0.15, -0.1) is 0 Å². The van der Waals surface area contributed by atoms with Gasteiger partial charge >= 0.3 is 13.6 Å². The number of carboxylic acids is 1. The fraction of sp³-hybridized carbons (Fsp3) is 0.769. The number of aliphatic carboxylic acids is 1. The molecule has 0 aromatic carbocycles. The van der Waals surface area contributed by atoms with Crippen molar-refractivity contribution in [2.45, 2.75) is 51.4 Å². The maximum absolute atomic E-state index is 12.5. The Labute approximate surface area is 138 Å². The molecule has 0 spiro atoms. The van der Waals surface area contributed by atoms with Gasteiger partial charge in [0.15, 0.2) is 8.46 Å². The van der Waals surface area contributed by atoms with Crippen molar-refractivity contribution in [3.8, 4) is 0 Å². The predicted octanol–water partition coefficient (Wildman–Crippen LogP) is 3.54. The Morgan fingerprint density at radius 3 is 1.87 bits per heavy atom. The first kappa shape index (κ1) is 26.9. The number of rotatable bonds is 12. The molecule has 0 rings (SSSR count). The molecule has 0 aliphatic heterocycles. The first-order valence-corrected chi connectivity index (χ1v) is 9.50. The fourth-order valence-electron chi connectivity index (χ4n) is 1.35. The van der Waals surface area contributed by atoms with Crippen molar-refractivity contribution >= 4 is 35.6 Å². The second-order valence-electron chi connectivity index (χ2n) is 4.08. The largest absolute Gasteiger partial charge is 0.481 e. The number of carbonyl (C=O) groups excluding carboxylic acids is 2. The molecule has 0 radical (unpaired) electrons. The van der Waals surface area contributed by atoms with Gasteiger partial charge in [0.05, 0.1) is 13.2 Å². The Kier molecular flexibility index (Phi) is 22.4. The summed E-state index contributed by atoms with van der Waals surface area (Å²) in [6.45, 7) is 8.29.